The minimum absolute atomic E-state index is 0.0630. The number of H-pyrrole nitrogens is 1. The summed E-state index contributed by atoms with van der Waals surface area (Å²) in [6.07, 6.45) is 0.0630. The normalized spacial score (nSPS) is 12.9. The van der Waals surface area contributed by atoms with Gasteiger partial charge in [0.1, 0.15) is 5.82 Å². The van der Waals surface area contributed by atoms with E-state index in [4.69, 9.17) is 16.7 Å². The molecule has 84 valence electrons. The highest BCUT2D eigenvalue weighted by Crippen LogP contribution is 2.22. The molecule has 0 amide bonds. The van der Waals surface area contributed by atoms with Gasteiger partial charge in [0, 0.05) is 10.9 Å². The average molecular weight is 239 g/mol. The molecule has 16 heavy (non-hydrogen) atoms. The first-order valence-corrected chi connectivity index (χ1v) is 5.31. The summed E-state index contributed by atoms with van der Waals surface area (Å²) in [5, 5.41) is 9.33. The maximum Gasteiger partial charge on any atom is 0.304 e. The van der Waals surface area contributed by atoms with E-state index in [2.05, 4.69) is 9.97 Å². The number of fused-ring (bicyclic) bond motifs is 1. The van der Waals surface area contributed by atoms with Crippen LogP contribution < -0.4 is 0 Å². The number of imidazole rings is 1. The van der Waals surface area contributed by atoms with Crippen LogP contribution in [0.4, 0.5) is 0 Å². The zero-order valence-electron chi connectivity index (χ0n) is 8.70. The number of hydrogen-bond acceptors (Lipinski definition) is 2. The van der Waals surface area contributed by atoms with Crippen LogP contribution in [0.5, 0.6) is 0 Å². The summed E-state index contributed by atoms with van der Waals surface area (Å²) in [6.45, 7) is 1.83. The second kappa shape index (κ2) is 4.14. The summed E-state index contributed by atoms with van der Waals surface area (Å²) in [5.41, 5.74) is 1.64. The molecule has 2 aromatic rings. The Morgan fingerprint density at radius 3 is 3.06 bits per heavy atom. The summed E-state index contributed by atoms with van der Waals surface area (Å²) in [7, 11) is 0. The zero-order chi connectivity index (χ0) is 11.7. The SMILES string of the molecule is CC(CC(=O)O)c1nc2ccc(Cl)cc2[nH]1. The van der Waals surface area contributed by atoms with Crippen molar-refractivity contribution in [1.29, 1.82) is 0 Å². The summed E-state index contributed by atoms with van der Waals surface area (Å²) in [6, 6.07) is 5.35. The Labute approximate surface area is 97.3 Å². The van der Waals surface area contributed by atoms with Crippen molar-refractivity contribution in [3.05, 3.63) is 29.0 Å². The van der Waals surface area contributed by atoms with Crippen LogP contribution in [0.1, 0.15) is 25.1 Å². The van der Waals surface area contributed by atoms with Gasteiger partial charge in [-0.25, -0.2) is 4.98 Å². The molecule has 0 saturated heterocycles. The maximum absolute atomic E-state index is 10.6. The summed E-state index contributed by atoms with van der Waals surface area (Å²) in [5.74, 6) is -0.283. The van der Waals surface area contributed by atoms with Crippen LogP contribution in [-0.4, -0.2) is 21.0 Å². The van der Waals surface area contributed by atoms with Crippen LogP contribution in [0.3, 0.4) is 0 Å². The van der Waals surface area contributed by atoms with Crippen molar-refractivity contribution in [1.82, 2.24) is 9.97 Å². The van der Waals surface area contributed by atoms with Gasteiger partial charge in [0.2, 0.25) is 0 Å². The number of aromatic nitrogens is 2. The van der Waals surface area contributed by atoms with E-state index in [0.717, 1.165) is 11.0 Å². The number of carbonyl (C=O) groups is 1. The molecule has 1 aromatic heterocycles. The van der Waals surface area contributed by atoms with Crippen LogP contribution in [0.25, 0.3) is 11.0 Å². The Balaban J connectivity index is 2.35. The molecule has 0 radical (unpaired) electrons. The molecule has 4 nitrogen and oxygen atoms in total. The molecule has 0 aliphatic carbocycles. The third kappa shape index (κ3) is 2.17. The molecule has 1 heterocycles. The second-order valence-electron chi connectivity index (χ2n) is 3.78. The minimum Gasteiger partial charge on any atom is -0.481 e. The number of aliphatic carboxylic acids is 1. The monoisotopic (exact) mass is 238 g/mol. The van der Waals surface area contributed by atoms with Crippen LogP contribution >= 0.6 is 11.6 Å². The van der Waals surface area contributed by atoms with E-state index in [9.17, 15) is 4.79 Å². The fraction of sp³-hybridized carbons (Fsp3) is 0.273. The highest BCUT2D eigenvalue weighted by atomic mass is 35.5. The van der Waals surface area contributed by atoms with Gasteiger partial charge in [-0.1, -0.05) is 18.5 Å². The predicted molar refractivity (Wildman–Crippen MR) is 61.8 cm³/mol. The Morgan fingerprint density at radius 2 is 2.38 bits per heavy atom. The van der Waals surface area contributed by atoms with Crippen molar-refractivity contribution in [3.63, 3.8) is 0 Å². The Morgan fingerprint density at radius 1 is 1.62 bits per heavy atom. The lowest BCUT2D eigenvalue weighted by atomic mass is 10.1. The Hall–Kier alpha value is -1.55. The average Bonchev–Trinajstić information content (AvgIpc) is 2.59. The first-order chi connectivity index (χ1) is 7.56. The molecule has 0 bridgehead atoms. The molecular formula is C11H11ClN2O2. The van der Waals surface area contributed by atoms with Crippen LogP contribution in [-0.2, 0) is 4.79 Å². The molecule has 0 aliphatic rings. The van der Waals surface area contributed by atoms with E-state index in [1.54, 1.807) is 12.1 Å². The number of carboxylic acids is 1. The molecule has 0 aliphatic heterocycles. The summed E-state index contributed by atoms with van der Waals surface area (Å²) >= 11 is 5.85. The van der Waals surface area contributed by atoms with Crippen molar-refractivity contribution in [2.24, 2.45) is 0 Å². The number of benzene rings is 1. The number of nitrogens with one attached hydrogen (secondary N) is 1. The lowest BCUT2D eigenvalue weighted by Gasteiger charge is -2.03. The highest BCUT2D eigenvalue weighted by Gasteiger charge is 2.14. The van der Waals surface area contributed by atoms with E-state index in [1.165, 1.54) is 0 Å². The van der Waals surface area contributed by atoms with Gasteiger partial charge in [-0.15, -0.1) is 0 Å². The molecule has 1 unspecified atom stereocenters. The van der Waals surface area contributed by atoms with E-state index in [-0.39, 0.29) is 12.3 Å². The Bertz CT molecular complexity index is 536. The number of nitrogens with zero attached hydrogens (tertiary/aromatic N) is 1. The van der Waals surface area contributed by atoms with Crippen molar-refractivity contribution in [3.8, 4) is 0 Å². The third-order valence-corrected chi connectivity index (χ3v) is 2.64. The largest absolute Gasteiger partial charge is 0.481 e. The molecule has 0 fully saturated rings. The zero-order valence-corrected chi connectivity index (χ0v) is 9.45. The fourth-order valence-electron chi connectivity index (χ4n) is 1.59. The molecule has 5 heteroatoms. The number of hydrogen-bond donors (Lipinski definition) is 2. The number of halogens is 1. The predicted octanol–water partition coefficient (Wildman–Crippen LogP) is 2.79. The van der Waals surface area contributed by atoms with Gasteiger partial charge in [0.25, 0.3) is 0 Å². The van der Waals surface area contributed by atoms with Gasteiger partial charge in [-0.2, -0.15) is 0 Å². The van der Waals surface area contributed by atoms with Crippen molar-refractivity contribution in [2.45, 2.75) is 19.3 Å². The standard InChI is InChI=1S/C11H11ClN2O2/c1-6(4-10(15)16)11-13-8-3-2-7(12)5-9(8)14-11/h2-3,5-6H,4H2,1H3,(H,13,14)(H,15,16). The number of carboxylic acid groups (broad SMARTS) is 1. The lowest BCUT2D eigenvalue weighted by Crippen LogP contribution is -2.04. The van der Waals surface area contributed by atoms with Gasteiger partial charge in [0.05, 0.1) is 17.5 Å². The smallest absolute Gasteiger partial charge is 0.304 e. The van der Waals surface area contributed by atoms with Crippen LogP contribution in [0.15, 0.2) is 18.2 Å². The second-order valence-corrected chi connectivity index (χ2v) is 4.22. The molecule has 1 aromatic carbocycles. The van der Waals surface area contributed by atoms with E-state index < -0.39 is 5.97 Å². The summed E-state index contributed by atoms with van der Waals surface area (Å²) < 4.78 is 0. The first-order valence-electron chi connectivity index (χ1n) is 4.93. The molecule has 0 saturated carbocycles. The molecule has 1 atom stereocenters. The van der Waals surface area contributed by atoms with Crippen LogP contribution in [0.2, 0.25) is 5.02 Å². The van der Waals surface area contributed by atoms with E-state index in [1.807, 2.05) is 13.0 Å². The molecule has 2 N–H and O–H groups in total. The van der Waals surface area contributed by atoms with Gasteiger partial charge < -0.3 is 10.1 Å². The Kier molecular flexibility index (Phi) is 2.83. The highest BCUT2D eigenvalue weighted by molar-refractivity contribution is 6.31. The van der Waals surface area contributed by atoms with Crippen LogP contribution in [0, 0.1) is 0 Å². The van der Waals surface area contributed by atoms with Gasteiger partial charge in [0.15, 0.2) is 0 Å². The van der Waals surface area contributed by atoms with E-state index >= 15 is 0 Å². The topological polar surface area (TPSA) is 66.0 Å². The maximum atomic E-state index is 10.6. The molecule has 0 spiro atoms. The van der Waals surface area contributed by atoms with E-state index in [0.29, 0.717) is 10.8 Å². The van der Waals surface area contributed by atoms with Gasteiger partial charge in [-0.3, -0.25) is 4.79 Å². The quantitative estimate of drug-likeness (QED) is 0.864. The first kappa shape index (κ1) is 11.0. The van der Waals surface area contributed by atoms with Crippen molar-refractivity contribution < 1.29 is 9.90 Å². The van der Waals surface area contributed by atoms with Gasteiger partial charge in [-0.05, 0) is 18.2 Å². The third-order valence-electron chi connectivity index (χ3n) is 2.41. The van der Waals surface area contributed by atoms with Gasteiger partial charge >= 0.3 is 5.97 Å². The molecular weight excluding hydrogens is 228 g/mol. The van der Waals surface area contributed by atoms with Crippen molar-refractivity contribution in [2.75, 3.05) is 0 Å². The number of rotatable bonds is 3. The number of aromatic amines is 1. The lowest BCUT2D eigenvalue weighted by molar-refractivity contribution is -0.137. The minimum atomic E-state index is -0.828. The van der Waals surface area contributed by atoms with Crippen molar-refractivity contribution >= 4 is 28.6 Å². The fourth-order valence-corrected chi connectivity index (χ4v) is 1.77. The molecule has 2 rings (SSSR count). The summed E-state index contributed by atoms with van der Waals surface area (Å²) in [4.78, 5) is 18.0.